The average molecular weight is 269 g/mol. The summed E-state index contributed by atoms with van der Waals surface area (Å²) in [6.45, 7) is 2.44. The minimum absolute atomic E-state index is 0.0813. The normalized spacial score (nSPS) is 10.4. The molecule has 1 aromatic rings. The third-order valence-electron chi connectivity index (χ3n) is 2.70. The van der Waals surface area contributed by atoms with Crippen LogP contribution >= 0.6 is 0 Å². The van der Waals surface area contributed by atoms with Gasteiger partial charge in [0, 0.05) is 39.1 Å². The van der Waals surface area contributed by atoms with Crippen LogP contribution in [-0.2, 0) is 9.47 Å². The SMILES string of the molecule is COCCN(CCOC)c1ccc([N+](=O)[O-])c(N)c1. The third kappa shape index (κ3) is 4.38. The zero-order valence-corrected chi connectivity index (χ0v) is 11.2. The van der Waals surface area contributed by atoms with Crippen LogP contribution in [0.25, 0.3) is 0 Å². The number of nitrogens with zero attached hydrogens (tertiary/aromatic N) is 2. The molecule has 7 nitrogen and oxygen atoms in total. The summed E-state index contributed by atoms with van der Waals surface area (Å²) in [5.74, 6) is 0. The fraction of sp³-hybridized carbons (Fsp3) is 0.500. The molecule has 0 amide bonds. The van der Waals surface area contributed by atoms with E-state index in [1.165, 1.54) is 6.07 Å². The summed E-state index contributed by atoms with van der Waals surface area (Å²) < 4.78 is 10.1. The molecule has 0 radical (unpaired) electrons. The molecule has 0 saturated heterocycles. The molecule has 2 N–H and O–H groups in total. The molecule has 0 aromatic heterocycles. The van der Waals surface area contributed by atoms with Crippen molar-refractivity contribution < 1.29 is 14.4 Å². The first-order valence-corrected chi connectivity index (χ1v) is 5.87. The van der Waals surface area contributed by atoms with Crippen LogP contribution in [-0.4, -0.2) is 45.4 Å². The van der Waals surface area contributed by atoms with Gasteiger partial charge in [0.05, 0.1) is 18.1 Å². The molecular weight excluding hydrogens is 250 g/mol. The largest absolute Gasteiger partial charge is 0.393 e. The number of ether oxygens (including phenoxy) is 2. The molecule has 0 saturated carbocycles. The Labute approximate surface area is 112 Å². The van der Waals surface area contributed by atoms with E-state index in [0.717, 1.165) is 5.69 Å². The maximum atomic E-state index is 10.7. The second-order valence-electron chi connectivity index (χ2n) is 3.97. The molecule has 0 bridgehead atoms. The molecule has 0 atom stereocenters. The van der Waals surface area contributed by atoms with Gasteiger partial charge in [0.1, 0.15) is 5.69 Å². The van der Waals surface area contributed by atoms with E-state index in [9.17, 15) is 10.1 Å². The molecule has 0 heterocycles. The lowest BCUT2D eigenvalue weighted by Gasteiger charge is -2.24. The molecule has 0 spiro atoms. The van der Waals surface area contributed by atoms with Gasteiger partial charge in [-0.2, -0.15) is 0 Å². The van der Waals surface area contributed by atoms with Crippen LogP contribution in [0.15, 0.2) is 18.2 Å². The molecule has 19 heavy (non-hydrogen) atoms. The highest BCUT2D eigenvalue weighted by Gasteiger charge is 2.14. The first-order valence-electron chi connectivity index (χ1n) is 5.87. The molecule has 0 fully saturated rings. The van der Waals surface area contributed by atoms with Gasteiger partial charge in [-0.3, -0.25) is 10.1 Å². The van der Waals surface area contributed by atoms with Crippen LogP contribution in [0.3, 0.4) is 0 Å². The van der Waals surface area contributed by atoms with Gasteiger partial charge in [-0.25, -0.2) is 0 Å². The minimum Gasteiger partial charge on any atom is -0.393 e. The standard InChI is InChI=1S/C12H19N3O4/c1-18-7-5-14(6-8-19-2)10-3-4-12(15(16)17)11(13)9-10/h3-4,9H,5-8,13H2,1-2H3. The fourth-order valence-electron chi connectivity index (χ4n) is 1.68. The number of nitrogen functional groups attached to an aromatic ring is 1. The monoisotopic (exact) mass is 269 g/mol. The molecule has 1 aromatic carbocycles. The summed E-state index contributed by atoms with van der Waals surface area (Å²) in [4.78, 5) is 12.2. The number of hydrogen-bond donors (Lipinski definition) is 1. The van der Waals surface area contributed by atoms with Gasteiger partial charge in [0.2, 0.25) is 0 Å². The van der Waals surface area contributed by atoms with Crippen molar-refractivity contribution in [2.75, 3.05) is 51.2 Å². The molecule has 0 aliphatic carbocycles. The first-order chi connectivity index (χ1) is 9.10. The zero-order valence-electron chi connectivity index (χ0n) is 11.2. The summed E-state index contributed by atoms with van der Waals surface area (Å²) in [5.41, 5.74) is 6.58. The van der Waals surface area contributed by atoms with Gasteiger partial charge >= 0.3 is 0 Å². The van der Waals surface area contributed by atoms with Gasteiger partial charge in [-0.1, -0.05) is 0 Å². The maximum absolute atomic E-state index is 10.7. The van der Waals surface area contributed by atoms with Crippen molar-refractivity contribution in [1.82, 2.24) is 0 Å². The Morgan fingerprint density at radius 3 is 2.26 bits per heavy atom. The van der Waals surface area contributed by atoms with Gasteiger partial charge < -0.3 is 20.1 Å². The van der Waals surface area contributed by atoms with Crippen LogP contribution < -0.4 is 10.6 Å². The Bertz CT molecular complexity index is 417. The summed E-state index contributed by atoms with van der Waals surface area (Å²) in [6.07, 6.45) is 0. The quantitative estimate of drug-likeness (QED) is 0.434. The van der Waals surface area contributed by atoms with Gasteiger partial charge in [0.15, 0.2) is 0 Å². The Balaban J connectivity index is 2.88. The number of methoxy groups -OCH3 is 2. The first kappa shape index (κ1) is 15.2. The Morgan fingerprint density at radius 1 is 1.26 bits per heavy atom. The van der Waals surface area contributed by atoms with E-state index in [1.807, 2.05) is 4.90 Å². The Kier molecular flexibility index (Phi) is 6.04. The van der Waals surface area contributed by atoms with E-state index in [-0.39, 0.29) is 11.4 Å². The number of nitro groups is 1. The lowest BCUT2D eigenvalue weighted by Crippen LogP contribution is -2.30. The van der Waals surface area contributed by atoms with Gasteiger partial charge in [-0.05, 0) is 12.1 Å². The van der Waals surface area contributed by atoms with Crippen LogP contribution in [0, 0.1) is 10.1 Å². The molecule has 106 valence electrons. The second kappa shape index (κ2) is 7.55. The van der Waals surface area contributed by atoms with Crippen LogP contribution in [0.2, 0.25) is 0 Å². The van der Waals surface area contributed by atoms with Crippen molar-refractivity contribution in [3.8, 4) is 0 Å². The summed E-state index contributed by atoms with van der Waals surface area (Å²) >= 11 is 0. The topological polar surface area (TPSA) is 90.9 Å². The van der Waals surface area contributed by atoms with E-state index < -0.39 is 4.92 Å². The van der Waals surface area contributed by atoms with Gasteiger partial charge in [0.25, 0.3) is 5.69 Å². The number of nitro benzene ring substituents is 1. The molecule has 7 heteroatoms. The predicted octanol–water partition coefficient (Wildman–Crippen LogP) is 1.28. The Morgan fingerprint density at radius 2 is 1.84 bits per heavy atom. The molecule has 0 aliphatic heterocycles. The number of anilines is 2. The lowest BCUT2D eigenvalue weighted by atomic mass is 10.2. The fourth-order valence-corrected chi connectivity index (χ4v) is 1.68. The van der Waals surface area contributed by atoms with Crippen molar-refractivity contribution in [2.45, 2.75) is 0 Å². The van der Waals surface area contributed by atoms with Gasteiger partial charge in [-0.15, -0.1) is 0 Å². The predicted molar refractivity (Wildman–Crippen MR) is 73.5 cm³/mol. The van der Waals surface area contributed by atoms with Crippen molar-refractivity contribution in [3.63, 3.8) is 0 Å². The number of rotatable bonds is 8. The van der Waals surface area contributed by atoms with Crippen LogP contribution in [0.4, 0.5) is 17.1 Å². The van der Waals surface area contributed by atoms with E-state index in [2.05, 4.69) is 0 Å². The summed E-state index contributed by atoms with van der Waals surface area (Å²) in [5, 5.41) is 10.7. The van der Waals surface area contributed by atoms with Crippen molar-refractivity contribution in [3.05, 3.63) is 28.3 Å². The molecule has 0 unspecified atom stereocenters. The highest BCUT2D eigenvalue weighted by molar-refractivity contribution is 5.66. The van der Waals surface area contributed by atoms with E-state index in [0.29, 0.717) is 26.3 Å². The zero-order chi connectivity index (χ0) is 14.3. The number of benzene rings is 1. The van der Waals surface area contributed by atoms with Crippen LogP contribution in [0.1, 0.15) is 0 Å². The summed E-state index contributed by atoms with van der Waals surface area (Å²) in [7, 11) is 3.25. The minimum atomic E-state index is -0.492. The molecular formula is C12H19N3O4. The van der Waals surface area contributed by atoms with Crippen molar-refractivity contribution >= 4 is 17.1 Å². The summed E-state index contributed by atoms with van der Waals surface area (Å²) in [6, 6.07) is 4.69. The highest BCUT2D eigenvalue weighted by Crippen LogP contribution is 2.26. The lowest BCUT2D eigenvalue weighted by molar-refractivity contribution is -0.383. The van der Waals surface area contributed by atoms with Crippen LogP contribution in [0.5, 0.6) is 0 Å². The molecule has 0 aliphatic rings. The Hall–Kier alpha value is -1.86. The second-order valence-corrected chi connectivity index (χ2v) is 3.97. The molecule has 1 rings (SSSR count). The van der Waals surface area contributed by atoms with Crippen molar-refractivity contribution in [1.29, 1.82) is 0 Å². The van der Waals surface area contributed by atoms with E-state index >= 15 is 0 Å². The van der Waals surface area contributed by atoms with Crippen molar-refractivity contribution in [2.24, 2.45) is 0 Å². The number of nitrogens with two attached hydrogens (primary N) is 1. The average Bonchev–Trinajstić information content (AvgIpc) is 2.38. The van der Waals surface area contributed by atoms with E-state index in [4.69, 9.17) is 15.2 Å². The maximum Gasteiger partial charge on any atom is 0.292 e. The third-order valence-corrected chi connectivity index (χ3v) is 2.70. The van der Waals surface area contributed by atoms with E-state index in [1.54, 1.807) is 26.4 Å². The smallest absolute Gasteiger partial charge is 0.292 e. The number of hydrogen-bond acceptors (Lipinski definition) is 6. The highest BCUT2D eigenvalue weighted by atomic mass is 16.6.